The molecular weight excluding hydrogens is 345 g/mol. The van der Waals surface area contributed by atoms with Crippen LogP contribution in [0.3, 0.4) is 0 Å². The van der Waals surface area contributed by atoms with Crippen molar-refractivity contribution in [3.05, 3.63) is 0 Å². The summed E-state index contributed by atoms with van der Waals surface area (Å²) in [6.45, 7) is 11.1. The summed E-state index contributed by atoms with van der Waals surface area (Å²) in [7, 11) is 0. The lowest BCUT2D eigenvalue weighted by molar-refractivity contribution is -0.124. The standard InChI is InChI=1S/C14H27N3O2S.2ClH/c1-10-5-17(6-11(2)19-10)14(3,4)8-15-13(18)12-7-20-9-16-12;;/h10-12,16H,5-9H2,1-4H3,(H,15,18);2*1H. The van der Waals surface area contributed by atoms with Gasteiger partial charge >= 0.3 is 0 Å². The molecule has 8 heteroatoms. The molecule has 3 atom stereocenters. The van der Waals surface area contributed by atoms with Gasteiger partial charge in [0.05, 0.1) is 18.2 Å². The molecule has 2 aliphatic rings. The van der Waals surface area contributed by atoms with Crippen molar-refractivity contribution >= 4 is 42.5 Å². The van der Waals surface area contributed by atoms with Gasteiger partial charge in [0, 0.05) is 36.8 Å². The second-order valence-corrected chi connectivity index (χ2v) is 7.49. The number of carbonyl (C=O) groups is 1. The molecule has 2 aliphatic heterocycles. The number of thioether (sulfide) groups is 1. The van der Waals surface area contributed by atoms with Crippen molar-refractivity contribution in [1.29, 1.82) is 0 Å². The lowest BCUT2D eigenvalue weighted by Crippen LogP contribution is -2.59. The number of ether oxygens (including phenoxy) is 1. The molecular formula is C14H29Cl2N3O2S. The van der Waals surface area contributed by atoms with E-state index in [9.17, 15) is 4.79 Å². The maximum atomic E-state index is 12.1. The van der Waals surface area contributed by atoms with Crippen LogP contribution in [0.15, 0.2) is 0 Å². The number of morpholine rings is 1. The Kier molecular flexibility index (Phi) is 9.67. The van der Waals surface area contributed by atoms with E-state index in [0.717, 1.165) is 24.7 Å². The molecule has 22 heavy (non-hydrogen) atoms. The minimum absolute atomic E-state index is 0. The summed E-state index contributed by atoms with van der Waals surface area (Å²) in [6.07, 6.45) is 0.503. The van der Waals surface area contributed by atoms with E-state index in [1.54, 1.807) is 11.8 Å². The number of rotatable bonds is 4. The number of hydrogen-bond donors (Lipinski definition) is 2. The second-order valence-electron chi connectivity index (χ2n) is 6.46. The highest BCUT2D eigenvalue weighted by Crippen LogP contribution is 2.20. The van der Waals surface area contributed by atoms with Crippen LogP contribution in [0.4, 0.5) is 0 Å². The van der Waals surface area contributed by atoms with E-state index in [-0.39, 0.29) is 54.5 Å². The normalized spacial score (nSPS) is 29.4. The Balaban J connectivity index is 0.00000220. The van der Waals surface area contributed by atoms with Gasteiger partial charge in [-0.2, -0.15) is 0 Å². The van der Waals surface area contributed by atoms with Gasteiger partial charge < -0.3 is 10.1 Å². The smallest absolute Gasteiger partial charge is 0.238 e. The molecule has 0 aromatic rings. The highest BCUT2D eigenvalue weighted by molar-refractivity contribution is 7.99. The largest absolute Gasteiger partial charge is 0.373 e. The van der Waals surface area contributed by atoms with E-state index in [1.165, 1.54) is 0 Å². The molecule has 0 bridgehead atoms. The number of nitrogens with zero attached hydrogens (tertiary/aromatic N) is 1. The fraction of sp³-hybridized carbons (Fsp3) is 0.929. The molecule has 0 aliphatic carbocycles. The van der Waals surface area contributed by atoms with Gasteiger partial charge in [-0.1, -0.05) is 0 Å². The summed E-state index contributed by atoms with van der Waals surface area (Å²) in [5.41, 5.74) is -0.0479. The van der Waals surface area contributed by atoms with Crippen LogP contribution in [0, 0.1) is 0 Å². The summed E-state index contributed by atoms with van der Waals surface area (Å²) in [4.78, 5) is 14.5. The van der Waals surface area contributed by atoms with Gasteiger partial charge in [-0.25, -0.2) is 0 Å². The molecule has 0 aromatic carbocycles. The summed E-state index contributed by atoms with van der Waals surface area (Å²) < 4.78 is 5.78. The zero-order chi connectivity index (χ0) is 14.8. The minimum atomic E-state index is -0.0479. The lowest BCUT2D eigenvalue weighted by atomic mass is 10.00. The predicted octanol–water partition coefficient (Wildman–Crippen LogP) is 1.50. The van der Waals surface area contributed by atoms with E-state index in [2.05, 4.69) is 43.2 Å². The van der Waals surface area contributed by atoms with Crippen LogP contribution < -0.4 is 10.6 Å². The summed E-state index contributed by atoms with van der Waals surface area (Å²) >= 11 is 1.77. The van der Waals surface area contributed by atoms with Crippen molar-refractivity contribution in [2.24, 2.45) is 0 Å². The molecule has 132 valence electrons. The third-order valence-electron chi connectivity index (χ3n) is 4.00. The SMILES string of the molecule is CC1CN(C(C)(C)CNC(=O)C2CSCN2)CC(C)O1.Cl.Cl. The van der Waals surface area contributed by atoms with Crippen molar-refractivity contribution < 1.29 is 9.53 Å². The van der Waals surface area contributed by atoms with Crippen LogP contribution in [0.1, 0.15) is 27.7 Å². The van der Waals surface area contributed by atoms with Gasteiger partial charge in [0.15, 0.2) is 0 Å². The minimum Gasteiger partial charge on any atom is -0.373 e. The molecule has 0 spiro atoms. The first-order valence-corrected chi connectivity index (χ1v) is 8.53. The van der Waals surface area contributed by atoms with E-state index < -0.39 is 0 Å². The van der Waals surface area contributed by atoms with Crippen molar-refractivity contribution in [2.75, 3.05) is 31.3 Å². The molecule has 0 saturated carbocycles. The maximum absolute atomic E-state index is 12.1. The number of carbonyl (C=O) groups excluding carboxylic acids is 1. The Hall–Kier alpha value is 0.280. The first-order chi connectivity index (χ1) is 9.38. The average molecular weight is 374 g/mol. The van der Waals surface area contributed by atoms with Crippen LogP contribution in [0.5, 0.6) is 0 Å². The predicted molar refractivity (Wildman–Crippen MR) is 97.4 cm³/mol. The highest BCUT2D eigenvalue weighted by Gasteiger charge is 2.34. The Morgan fingerprint density at radius 2 is 1.91 bits per heavy atom. The molecule has 2 heterocycles. The van der Waals surface area contributed by atoms with Crippen molar-refractivity contribution in [2.45, 2.75) is 51.5 Å². The van der Waals surface area contributed by atoms with Gasteiger partial charge in [-0.15, -0.1) is 36.6 Å². The Labute approximate surface area is 150 Å². The van der Waals surface area contributed by atoms with Crippen molar-refractivity contribution in [3.8, 4) is 0 Å². The van der Waals surface area contributed by atoms with Crippen LogP contribution in [-0.4, -0.2) is 65.9 Å². The molecule has 0 aromatic heterocycles. The van der Waals surface area contributed by atoms with Crippen LogP contribution >= 0.6 is 36.6 Å². The van der Waals surface area contributed by atoms with E-state index in [1.807, 2.05) is 0 Å². The zero-order valence-electron chi connectivity index (χ0n) is 13.8. The summed E-state index contributed by atoms with van der Waals surface area (Å²) in [6, 6.07) is -0.0293. The van der Waals surface area contributed by atoms with Gasteiger partial charge in [0.25, 0.3) is 0 Å². The molecule has 2 rings (SSSR count). The maximum Gasteiger partial charge on any atom is 0.238 e. The number of hydrogen-bond acceptors (Lipinski definition) is 5. The van der Waals surface area contributed by atoms with Crippen molar-refractivity contribution in [3.63, 3.8) is 0 Å². The second kappa shape index (κ2) is 9.55. The van der Waals surface area contributed by atoms with E-state index in [0.29, 0.717) is 6.54 Å². The Morgan fingerprint density at radius 3 is 2.41 bits per heavy atom. The average Bonchev–Trinajstić information content (AvgIpc) is 2.88. The van der Waals surface area contributed by atoms with Crippen molar-refractivity contribution in [1.82, 2.24) is 15.5 Å². The van der Waals surface area contributed by atoms with Gasteiger partial charge in [0.1, 0.15) is 0 Å². The summed E-state index contributed by atoms with van der Waals surface area (Å²) in [5.74, 6) is 1.87. The Morgan fingerprint density at radius 1 is 1.32 bits per heavy atom. The highest BCUT2D eigenvalue weighted by atomic mass is 35.5. The number of halogens is 2. The van der Waals surface area contributed by atoms with Gasteiger partial charge in [-0.3, -0.25) is 15.0 Å². The van der Waals surface area contributed by atoms with E-state index in [4.69, 9.17) is 4.74 Å². The molecule has 1 amide bonds. The van der Waals surface area contributed by atoms with Gasteiger partial charge in [-0.05, 0) is 27.7 Å². The summed E-state index contributed by atoms with van der Waals surface area (Å²) in [5, 5.41) is 6.30. The quantitative estimate of drug-likeness (QED) is 0.781. The van der Waals surface area contributed by atoms with Gasteiger partial charge in [0.2, 0.25) is 5.91 Å². The molecule has 2 fully saturated rings. The number of nitrogens with one attached hydrogen (secondary N) is 2. The molecule has 0 radical (unpaired) electrons. The molecule has 2 saturated heterocycles. The zero-order valence-corrected chi connectivity index (χ0v) is 16.2. The first kappa shape index (κ1) is 22.3. The molecule has 2 N–H and O–H groups in total. The van der Waals surface area contributed by atoms with Crippen LogP contribution in [0.2, 0.25) is 0 Å². The fourth-order valence-corrected chi connectivity index (χ4v) is 3.72. The van der Waals surface area contributed by atoms with E-state index >= 15 is 0 Å². The third-order valence-corrected chi connectivity index (χ3v) is 4.94. The number of amides is 1. The van der Waals surface area contributed by atoms with Crippen LogP contribution in [0.25, 0.3) is 0 Å². The first-order valence-electron chi connectivity index (χ1n) is 7.38. The Bertz CT molecular complexity index is 345. The molecule has 3 unspecified atom stereocenters. The van der Waals surface area contributed by atoms with Crippen LogP contribution in [-0.2, 0) is 9.53 Å². The topological polar surface area (TPSA) is 53.6 Å². The molecule has 5 nitrogen and oxygen atoms in total. The monoisotopic (exact) mass is 373 g/mol. The lowest BCUT2D eigenvalue weighted by Gasteiger charge is -2.45. The fourth-order valence-electron chi connectivity index (χ4n) is 2.77. The third kappa shape index (κ3) is 6.06.